The zero-order valence-corrected chi connectivity index (χ0v) is 7.41. The molecule has 0 bridgehead atoms. The molecule has 1 atom stereocenters. The summed E-state index contributed by atoms with van der Waals surface area (Å²) in [7, 11) is 2.10. The van der Waals surface area contributed by atoms with Crippen molar-refractivity contribution in [3.8, 4) is 0 Å². The van der Waals surface area contributed by atoms with E-state index in [9.17, 15) is 0 Å². The van der Waals surface area contributed by atoms with Crippen LogP contribution in [0.3, 0.4) is 0 Å². The van der Waals surface area contributed by atoms with Crippen LogP contribution < -0.4 is 5.32 Å². The molecule has 0 amide bonds. The van der Waals surface area contributed by atoms with Crippen LogP contribution in [-0.4, -0.2) is 12.6 Å². The highest BCUT2D eigenvalue weighted by molar-refractivity contribution is 5.04. The van der Waals surface area contributed by atoms with Gasteiger partial charge in [-0.1, -0.05) is 20.3 Å². The van der Waals surface area contributed by atoms with E-state index in [0.29, 0.717) is 5.54 Å². The van der Waals surface area contributed by atoms with E-state index in [1.54, 1.807) is 0 Å². The van der Waals surface area contributed by atoms with Gasteiger partial charge in [0.15, 0.2) is 0 Å². The van der Waals surface area contributed by atoms with Crippen LogP contribution in [0, 0.1) is 5.92 Å². The lowest BCUT2D eigenvalue weighted by Gasteiger charge is -2.21. The van der Waals surface area contributed by atoms with Crippen molar-refractivity contribution in [1.29, 1.82) is 0 Å². The molecule has 1 fully saturated rings. The highest BCUT2D eigenvalue weighted by atomic mass is 15.0. The van der Waals surface area contributed by atoms with E-state index >= 15 is 0 Å². The third kappa shape index (κ3) is 1.34. The first-order valence-corrected chi connectivity index (χ1v) is 4.44. The van der Waals surface area contributed by atoms with Crippen LogP contribution in [0.4, 0.5) is 0 Å². The van der Waals surface area contributed by atoms with Gasteiger partial charge < -0.3 is 5.32 Å². The van der Waals surface area contributed by atoms with Crippen molar-refractivity contribution < 1.29 is 0 Å². The van der Waals surface area contributed by atoms with E-state index in [-0.39, 0.29) is 0 Å². The van der Waals surface area contributed by atoms with E-state index in [1.165, 1.54) is 25.7 Å². The van der Waals surface area contributed by atoms with Gasteiger partial charge in [-0.2, -0.15) is 0 Å². The largest absolute Gasteiger partial charge is 0.314 e. The number of hydrogen-bond acceptors (Lipinski definition) is 1. The molecule has 1 heteroatoms. The van der Waals surface area contributed by atoms with Crippen molar-refractivity contribution in [2.75, 3.05) is 7.05 Å². The average molecular weight is 141 g/mol. The lowest BCUT2D eigenvalue weighted by molar-refractivity contribution is 0.355. The first kappa shape index (κ1) is 8.06. The van der Waals surface area contributed by atoms with Crippen LogP contribution in [0.1, 0.15) is 39.5 Å². The Morgan fingerprint density at radius 1 is 1.50 bits per heavy atom. The summed E-state index contributed by atoms with van der Waals surface area (Å²) in [5, 5.41) is 3.44. The quantitative estimate of drug-likeness (QED) is 0.632. The summed E-state index contributed by atoms with van der Waals surface area (Å²) < 4.78 is 0. The van der Waals surface area contributed by atoms with E-state index in [0.717, 1.165) is 5.92 Å². The van der Waals surface area contributed by atoms with E-state index in [4.69, 9.17) is 0 Å². The molecule has 0 aromatic rings. The fourth-order valence-corrected chi connectivity index (χ4v) is 1.83. The van der Waals surface area contributed by atoms with Gasteiger partial charge in [0.2, 0.25) is 0 Å². The van der Waals surface area contributed by atoms with Gasteiger partial charge in [0.25, 0.3) is 0 Å². The first-order chi connectivity index (χ1) is 4.75. The third-order valence-corrected chi connectivity index (χ3v) is 2.95. The smallest absolute Gasteiger partial charge is 0.0205 e. The van der Waals surface area contributed by atoms with Crippen molar-refractivity contribution >= 4 is 0 Å². The fourth-order valence-electron chi connectivity index (χ4n) is 1.83. The predicted octanol–water partition coefficient (Wildman–Crippen LogP) is 2.17. The molecule has 0 aromatic carbocycles. The molecular formula is C9H19N. The maximum absolute atomic E-state index is 3.44. The maximum atomic E-state index is 3.44. The summed E-state index contributed by atoms with van der Waals surface area (Å²) in [6.45, 7) is 4.63. The second-order valence-corrected chi connectivity index (χ2v) is 3.60. The molecule has 1 nitrogen and oxygen atoms in total. The Morgan fingerprint density at radius 3 is 2.40 bits per heavy atom. The summed E-state index contributed by atoms with van der Waals surface area (Å²) in [6, 6.07) is 0. The highest BCUT2D eigenvalue weighted by Crippen LogP contribution is 2.43. The predicted molar refractivity (Wildman–Crippen MR) is 45.1 cm³/mol. The molecule has 0 radical (unpaired) electrons. The molecule has 0 saturated heterocycles. The van der Waals surface area contributed by atoms with Crippen molar-refractivity contribution in [3.05, 3.63) is 0 Å². The molecule has 0 aromatic heterocycles. The van der Waals surface area contributed by atoms with Crippen molar-refractivity contribution in [1.82, 2.24) is 5.32 Å². The fraction of sp³-hybridized carbons (Fsp3) is 1.00. The Kier molecular flexibility index (Phi) is 2.35. The standard InChI is InChI=1S/C9H19N/c1-4-5-8(2)9(10-3)6-7-9/h8,10H,4-7H2,1-3H3. The molecule has 1 aliphatic carbocycles. The zero-order valence-electron chi connectivity index (χ0n) is 7.41. The van der Waals surface area contributed by atoms with Crippen LogP contribution in [0.2, 0.25) is 0 Å². The van der Waals surface area contributed by atoms with Crippen molar-refractivity contribution in [2.24, 2.45) is 5.92 Å². The average Bonchev–Trinajstić information content (AvgIpc) is 2.68. The zero-order chi connectivity index (χ0) is 7.61. The van der Waals surface area contributed by atoms with Crippen LogP contribution in [0.25, 0.3) is 0 Å². The second-order valence-electron chi connectivity index (χ2n) is 3.60. The second kappa shape index (κ2) is 2.91. The molecule has 1 N–H and O–H groups in total. The lowest BCUT2D eigenvalue weighted by Crippen LogP contribution is -2.34. The molecular weight excluding hydrogens is 122 g/mol. The third-order valence-electron chi connectivity index (χ3n) is 2.95. The van der Waals surface area contributed by atoms with Crippen molar-refractivity contribution in [3.63, 3.8) is 0 Å². The Balaban J connectivity index is 2.32. The molecule has 0 heterocycles. The van der Waals surface area contributed by atoms with Gasteiger partial charge >= 0.3 is 0 Å². The normalized spacial score (nSPS) is 24.3. The number of hydrogen-bond donors (Lipinski definition) is 1. The minimum atomic E-state index is 0.552. The Morgan fingerprint density at radius 2 is 2.10 bits per heavy atom. The van der Waals surface area contributed by atoms with Crippen LogP contribution in [0.15, 0.2) is 0 Å². The SMILES string of the molecule is CCCC(C)C1(NC)CC1. The molecule has 10 heavy (non-hydrogen) atoms. The van der Waals surface area contributed by atoms with Crippen LogP contribution >= 0.6 is 0 Å². The highest BCUT2D eigenvalue weighted by Gasteiger charge is 2.44. The van der Waals surface area contributed by atoms with Crippen LogP contribution in [-0.2, 0) is 0 Å². The molecule has 1 saturated carbocycles. The monoisotopic (exact) mass is 141 g/mol. The Labute approximate surface area is 64.2 Å². The van der Waals surface area contributed by atoms with Crippen molar-refractivity contribution in [2.45, 2.75) is 45.1 Å². The van der Waals surface area contributed by atoms with Gasteiger partial charge in [-0.05, 0) is 32.2 Å². The first-order valence-electron chi connectivity index (χ1n) is 4.44. The number of nitrogens with one attached hydrogen (secondary N) is 1. The minimum absolute atomic E-state index is 0.552. The topological polar surface area (TPSA) is 12.0 Å². The molecule has 1 unspecified atom stereocenters. The summed E-state index contributed by atoms with van der Waals surface area (Å²) in [4.78, 5) is 0. The van der Waals surface area contributed by atoms with Gasteiger partial charge in [-0.15, -0.1) is 0 Å². The number of rotatable bonds is 4. The molecule has 60 valence electrons. The summed E-state index contributed by atoms with van der Waals surface area (Å²) >= 11 is 0. The summed E-state index contributed by atoms with van der Waals surface area (Å²) in [6.07, 6.45) is 5.49. The molecule has 0 aliphatic heterocycles. The van der Waals surface area contributed by atoms with E-state index < -0.39 is 0 Å². The summed E-state index contributed by atoms with van der Waals surface area (Å²) in [5.41, 5.74) is 0.552. The van der Waals surface area contributed by atoms with Gasteiger partial charge in [0.05, 0.1) is 0 Å². The minimum Gasteiger partial charge on any atom is -0.314 e. The molecule has 1 aliphatic rings. The van der Waals surface area contributed by atoms with Gasteiger partial charge in [0.1, 0.15) is 0 Å². The Bertz CT molecular complexity index is 105. The van der Waals surface area contributed by atoms with E-state index in [1.807, 2.05) is 0 Å². The Hall–Kier alpha value is -0.0400. The maximum Gasteiger partial charge on any atom is 0.0205 e. The van der Waals surface area contributed by atoms with Gasteiger partial charge in [-0.25, -0.2) is 0 Å². The lowest BCUT2D eigenvalue weighted by atomic mass is 9.95. The molecule has 0 spiro atoms. The van der Waals surface area contributed by atoms with Gasteiger partial charge in [0, 0.05) is 5.54 Å². The summed E-state index contributed by atoms with van der Waals surface area (Å²) in [5.74, 6) is 0.877. The van der Waals surface area contributed by atoms with E-state index in [2.05, 4.69) is 26.2 Å². The van der Waals surface area contributed by atoms with Crippen LogP contribution in [0.5, 0.6) is 0 Å². The molecule has 1 rings (SSSR count). The van der Waals surface area contributed by atoms with Gasteiger partial charge in [-0.3, -0.25) is 0 Å².